The van der Waals surface area contributed by atoms with Gasteiger partial charge >= 0.3 is 5.69 Å². The smallest absolute Gasteiger partial charge is 0.310 e. The van der Waals surface area contributed by atoms with Crippen molar-refractivity contribution < 1.29 is 14.8 Å². The normalized spacial score (nSPS) is 15.0. The van der Waals surface area contributed by atoms with Crippen molar-refractivity contribution in [2.45, 2.75) is 6.10 Å². The van der Waals surface area contributed by atoms with Gasteiger partial charge in [-0.3, -0.25) is 15.0 Å². The van der Waals surface area contributed by atoms with E-state index in [0.717, 1.165) is 36.9 Å². The van der Waals surface area contributed by atoms with Crippen LogP contribution < -0.4 is 9.64 Å². The average molecular weight is 465 g/mol. The summed E-state index contributed by atoms with van der Waals surface area (Å²) in [5.74, 6) is 0.173. The molecule has 0 amide bonds. The number of para-hydroxylation sites is 2. The van der Waals surface area contributed by atoms with Crippen LogP contribution in [0.15, 0.2) is 48.5 Å². The molecule has 0 bridgehead atoms. The van der Waals surface area contributed by atoms with Crippen molar-refractivity contribution in [2.24, 2.45) is 0 Å². The van der Waals surface area contributed by atoms with Crippen molar-refractivity contribution >= 4 is 47.8 Å². The molecule has 0 aromatic heterocycles. The van der Waals surface area contributed by atoms with Gasteiger partial charge in [-0.1, -0.05) is 29.8 Å². The summed E-state index contributed by atoms with van der Waals surface area (Å²) in [5.41, 5.74) is 1.00. The van der Waals surface area contributed by atoms with Crippen LogP contribution in [0.25, 0.3) is 0 Å². The predicted octanol–water partition coefficient (Wildman–Crippen LogP) is 3.65. The minimum absolute atomic E-state index is 0. The second-order valence-electron chi connectivity index (χ2n) is 6.46. The fraction of sp³-hybridized carbons (Fsp3) is 0.368. The van der Waals surface area contributed by atoms with Gasteiger partial charge in [-0.2, -0.15) is 0 Å². The lowest BCUT2D eigenvalue weighted by molar-refractivity contribution is -0.385. The molecule has 7 nitrogen and oxygen atoms in total. The summed E-state index contributed by atoms with van der Waals surface area (Å²) in [6, 6.07) is 14.0. The standard InChI is InChI=1S/C19H22ClN3O4.2ClH/c20-15-4-3-5-16(12-15)22-10-8-21(9-11-22)13-17(24)14-27-19-7-2-1-6-18(19)23(25)26;;/h1-7,12,17,24H,8-11,13-14H2;2*1H. The lowest BCUT2D eigenvalue weighted by Crippen LogP contribution is -2.49. The third-order valence-corrected chi connectivity index (χ3v) is 4.74. The quantitative estimate of drug-likeness (QED) is 0.498. The molecule has 0 aliphatic carbocycles. The number of β-amino-alcohol motifs (C(OH)–C–C–N with tert-alkyl or cyclic N) is 1. The molecule has 1 unspecified atom stereocenters. The van der Waals surface area contributed by atoms with Crippen LogP contribution >= 0.6 is 36.4 Å². The Balaban J connectivity index is 0.00000210. The van der Waals surface area contributed by atoms with E-state index >= 15 is 0 Å². The first kappa shape index (κ1) is 25.3. The number of ether oxygens (including phenoxy) is 1. The number of nitro benzene ring substituents is 1. The third kappa shape index (κ3) is 7.21. The van der Waals surface area contributed by atoms with Crippen LogP contribution in [-0.2, 0) is 0 Å². The van der Waals surface area contributed by atoms with Gasteiger partial charge in [0.05, 0.1) is 4.92 Å². The second-order valence-corrected chi connectivity index (χ2v) is 6.89. The number of aliphatic hydroxyl groups excluding tert-OH is 1. The molecular weight excluding hydrogens is 441 g/mol. The predicted molar refractivity (Wildman–Crippen MR) is 119 cm³/mol. The molecule has 1 atom stereocenters. The summed E-state index contributed by atoms with van der Waals surface area (Å²) in [6.07, 6.45) is -0.720. The topological polar surface area (TPSA) is 79.1 Å². The highest BCUT2D eigenvalue weighted by molar-refractivity contribution is 6.30. The van der Waals surface area contributed by atoms with Crippen LogP contribution in [0.1, 0.15) is 0 Å². The van der Waals surface area contributed by atoms with Gasteiger partial charge in [-0.05, 0) is 24.3 Å². The molecule has 0 spiro atoms. The van der Waals surface area contributed by atoms with E-state index in [4.69, 9.17) is 16.3 Å². The Hall–Kier alpha value is -1.77. The molecule has 1 aliphatic rings. The number of piperazine rings is 1. The number of halogens is 3. The fourth-order valence-electron chi connectivity index (χ4n) is 3.13. The Morgan fingerprint density at radius 1 is 1.10 bits per heavy atom. The second kappa shape index (κ2) is 12.0. The molecule has 1 aliphatic heterocycles. The molecular formula is C19H24Cl3N3O4. The molecule has 1 saturated heterocycles. The molecule has 1 heterocycles. The Kier molecular flexibility index (Phi) is 10.5. The first-order chi connectivity index (χ1) is 13.0. The van der Waals surface area contributed by atoms with E-state index in [-0.39, 0.29) is 42.9 Å². The van der Waals surface area contributed by atoms with Crippen LogP contribution in [0.3, 0.4) is 0 Å². The van der Waals surface area contributed by atoms with Crippen molar-refractivity contribution in [1.29, 1.82) is 0 Å². The van der Waals surface area contributed by atoms with Gasteiger partial charge in [0.2, 0.25) is 0 Å². The van der Waals surface area contributed by atoms with Crippen molar-refractivity contribution in [2.75, 3.05) is 44.2 Å². The van der Waals surface area contributed by atoms with Gasteiger partial charge in [-0.15, -0.1) is 24.8 Å². The Morgan fingerprint density at radius 3 is 2.45 bits per heavy atom. The zero-order chi connectivity index (χ0) is 19.2. The average Bonchev–Trinajstić information content (AvgIpc) is 2.67. The summed E-state index contributed by atoms with van der Waals surface area (Å²) >= 11 is 6.05. The minimum Gasteiger partial charge on any atom is -0.484 e. The highest BCUT2D eigenvalue weighted by atomic mass is 35.5. The summed E-state index contributed by atoms with van der Waals surface area (Å²) in [7, 11) is 0. The zero-order valence-corrected chi connectivity index (χ0v) is 18.0. The van der Waals surface area contributed by atoms with Crippen molar-refractivity contribution in [1.82, 2.24) is 4.90 Å². The fourth-order valence-corrected chi connectivity index (χ4v) is 3.31. The van der Waals surface area contributed by atoms with E-state index in [1.807, 2.05) is 24.3 Å². The van der Waals surface area contributed by atoms with Gasteiger partial charge in [0.15, 0.2) is 5.75 Å². The number of aliphatic hydroxyl groups is 1. The number of rotatable bonds is 7. The molecule has 2 aromatic carbocycles. The van der Waals surface area contributed by atoms with E-state index in [2.05, 4.69) is 9.80 Å². The lowest BCUT2D eigenvalue weighted by atomic mass is 10.2. The largest absolute Gasteiger partial charge is 0.484 e. The number of benzene rings is 2. The number of nitrogens with zero attached hydrogens (tertiary/aromatic N) is 3. The van der Waals surface area contributed by atoms with Crippen LogP contribution in [0.2, 0.25) is 5.02 Å². The third-order valence-electron chi connectivity index (χ3n) is 4.51. The maximum absolute atomic E-state index is 11.0. The van der Waals surface area contributed by atoms with Crippen molar-refractivity contribution in [3.05, 3.63) is 63.7 Å². The van der Waals surface area contributed by atoms with Crippen LogP contribution in [0.5, 0.6) is 5.75 Å². The molecule has 0 saturated carbocycles. The molecule has 0 radical (unpaired) electrons. The van der Waals surface area contributed by atoms with E-state index in [9.17, 15) is 15.2 Å². The number of hydrogen-bond acceptors (Lipinski definition) is 6. The van der Waals surface area contributed by atoms with Crippen LogP contribution in [0, 0.1) is 10.1 Å². The SMILES string of the molecule is Cl.Cl.O=[N+]([O-])c1ccccc1OCC(O)CN1CCN(c2cccc(Cl)c2)CC1. The van der Waals surface area contributed by atoms with Gasteiger partial charge in [-0.25, -0.2) is 0 Å². The van der Waals surface area contributed by atoms with Crippen LogP contribution in [0.4, 0.5) is 11.4 Å². The van der Waals surface area contributed by atoms with Crippen molar-refractivity contribution in [3.63, 3.8) is 0 Å². The maximum Gasteiger partial charge on any atom is 0.310 e. The molecule has 10 heteroatoms. The maximum atomic E-state index is 11.0. The zero-order valence-electron chi connectivity index (χ0n) is 15.6. The van der Waals surface area contributed by atoms with Crippen LogP contribution in [-0.4, -0.2) is 60.4 Å². The molecule has 3 rings (SSSR count). The summed E-state index contributed by atoms with van der Waals surface area (Å²) in [6.45, 7) is 3.80. The molecule has 1 N–H and O–H groups in total. The first-order valence-corrected chi connectivity index (χ1v) is 9.18. The number of anilines is 1. The minimum atomic E-state index is -0.720. The van der Waals surface area contributed by atoms with Crippen molar-refractivity contribution in [3.8, 4) is 5.75 Å². The summed E-state index contributed by atoms with van der Waals surface area (Å²) in [4.78, 5) is 14.9. The Labute approximate surface area is 187 Å². The molecule has 2 aromatic rings. The van der Waals surface area contributed by atoms with Gasteiger partial charge in [0, 0.05) is 49.5 Å². The highest BCUT2D eigenvalue weighted by Gasteiger charge is 2.21. The summed E-state index contributed by atoms with van der Waals surface area (Å²) in [5, 5.41) is 22.0. The Bertz CT molecular complexity index is 789. The number of nitro groups is 1. The van der Waals surface area contributed by atoms with Gasteiger partial charge < -0.3 is 14.7 Å². The molecule has 29 heavy (non-hydrogen) atoms. The highest BCUT2D eigenvalue weighted by Crippen LogP contribution is 2.26. The monoisotopic (exact) mass is 463 g/mol. The van der Waals surface area contributed by atoms with Gasteiger partial charge in [0.25, 0.3) is 0 Å². The number of hydrogen-bond donors (Lipinski definition) is 1. The van der Waals surface area contributed by atoms with E-state index in [1.165, 1.54) is 12.1 Å². The summed E-state index contributed by atoms with van der Waals surface area (Å²) < 4.78 is 5.46. The van der Waals surface area contributed by atoms with E-state index < -0.39 is 11.0 Å². The van der Waals surface area contributed by atoms with E-state index in [0.29, 0.717) is 6.54 Å². The lowest BCUT2D eigenvalue weighted by Gasteiger charge is -2.36. The molecule has 1 fully saturated rings. The molecule has 160 valence electrons. The van der Waals surface area contributed by atoms with E-state index in [1.54, 1.807) is 12.1 Å². The Morgan fingerprint density at radius 2 is 1.79 bits per heavy atom. The van der Waals surface area contributed by atoms with Gasteiger partial charge in [0.1, 0.15) is 12.7 Å². The first-order valence-electron chi connectivity index (χ1n) is 8.80.